The number of rotatable bonds is 4. The summed E-state index contributed by atoms with van der Waals surface area (Å²) in [5, 5.41) is 0. The molecule has 166 valence electrons. The van der Waals surface area contributed by atoms with Crippen molar-refractivity contribution >= 4 is 17.5 Å². The smallest absolute Gasteiger partial charge is 0.289 e. The van der Waals surface area contributed by atoms with Crippen molar-refractivity contribution in [2.24, 2.45) is 0 Å². The van der Waals surface area contributed by atoms with Crippen LogP contribution in [0.5, 0.6) is 5.75 Å². The lowest BCUT2D eigenvalue weighted by Gasteiger charge is -2.47. The molecular weight excluding hydrogens is 394 g/mol. The second-order valence-electron chi connectivity index (χ2n) is 9.12. The number of hydrogen-bond donors (Lipinski definition) is 0. The summed E-state index contributed by atoms with van der Waals surface area (Å²) < 4.78 is 10.6. The highest BCUT2D eigenvalue weighted by atomic mass is 16.5. The molecule has 31 heavy (non-hydrogen) atoms. The number of anilines is 1. The van der Waals surface area contributed by atoms with Gasteiger partial charge in [0.2, 0.25) is 5.91 Å². The van der Waals surface area contributed by atoms with Crippen molar-refractivity contribution in [1.82, 2.24) is 9.80 Å². The van der Waals surface area contributed by atoms with E-state index in [2.05, 4.69) is 31.7 Å². The first-order chi connectivity index (χ1) is 14.8. The number of carbonyl (C=O) groups is 2. The molecule has 1 fully saturated rings. The molecular formula is C24H31N3O4. The van der Waals surface area contributed by atoms with Crippen LogP contribution >= 0.6 is 0 Å². The van der Waals surface area contributed by atoms with Gasteiger partial charge in [-0.25, -0.2) is 0 Å². The molecule has 0 bridgehead atoms. The van der Waals surface area contributed by atoms with Crippen LogP contribution in [0.4, 0.5) is 5.69 Å². The molecule has 7 heteroatoms. The average Bonchev–Trinajstić information content (AvgIpc) is 3.28. The lowest BCUT2D eigenvalue weighted by Crippen LogP contribution is -2.56. The molecule has 2 aromatic rings. The Morgan fingerprint density at radius 2 is 1.90 bits per heavy atom. The summed E-state index contributed by atoms with van der Waals surface area (Å²) in [7, 11) is 1.67. The first-order valence-corrected chi connectivity index (χ1v) is 10.9. The first-order valence-electron chi connectivity index (χ1n) is 10.9. The minimum atomic E-state index is -0.269. The van der Waals surface area contributed by atoms with Crippen molar-refractivity contribution in [3.05, 3.63) is 47.9 Å². The summed E-state index contributed by atoms with van der Waals surface area (Å²) in [6, 6.07) is 9.38. The van der Waals surface area contributed by atoms with E-state index < -0.39 is 0 Å². The first kappa shape index (κ1) is 21.4. The van der Waals surface area contributed by atoms with Gasteiger partial charge < -0.3 is 19.0 Å². The van der Waals surface area contributed by atoms with Gasteiger partial charge in [0.1, 0.15) is 5.75 Å². The summed E-state index contributed by atoms with van der Waals surface area (Å²) >= 11 is 0. The van der Waals surface area contributed by atoms with E-state index in [4.69, 9.17) is 9.15 Å². The molecule has 2 aliphatic heterocycles. The van der Waals surface area contributed by atoms with Crippen molar-refractivity contribution in [3.63, 3.8) is 0 Å². The van der Waals surface area contributed by atoms with E-state index in [0.717, 1.165) is 23.4 Å². The minimum absolute atomic E-state index is 0.0918. The maximum Gasteiger partial charge on any atom is 0.289 e. The number of carbonyl (C=O) groups excluding carboxylic acids is 2. The molecule has 1 aromatic heterocycles. The van der Waals surface area contributed by atoms with Gasteiger partial charge in [0, 0.05) is 37.4 Å². The number of hydrogen-bond acceptors (Lipinski definition) is 5. The van der Waals surface area contributed by atoms with Gasteiger partial charge in [-0.05, 0) is 62.1 Å². The van der Waals surface area contributed by atoms with E-state index in [-0.39, 0.29) is 17.4 Å². The van der Waals surface area contributed by atoms with Crippen LogP contribution in [0.1, 0.15) is 49.2 Å². The third-order valence-corrected chi connectivity index (χ3v) is 6.42. The quantitative estimate of drug-likeness (QED) is 0.752. The van der Waals surface area contributed by atoms with E-state index in [9.17, 15) is 9.59 Å². The Morgan fingerprint density at radius 3 is 2.55 bits per heavy atom. The number of piperazine rings is 1. The Bertz CT molecular complexity index is 946. The van der Waals surface area contributed by atoms with Gasteiger partial charge in [0.25, 0.3) is 5.91 Å². The van der Waals surface area contributed by atoms with Crippen LogP contribution in [0.3, 0.4) is 0 Å². The number of methoxy groups -OCH3 is 1. The van der Waals surface area contributed by atoms with E-state index in [0.29, 0.717) is 44.4 Å². The maximum absolute atomic E-state index is 13.5. The fraction of sp³-hybridized carbons (Fsp3) is 0.500. The normalized spacial score (nSPS) is 21.0. The van der Waals surface area contributed by atoms with Gasteiger partial charge in [0.05, 0.1) is 19.9 Å². The molecule has 2 amide bonds. The number of fused-ring (bicyclic) bond motifs is 1. The van der Waals surface area contributed by atoms with Crippen LogP contribution in [-0.2, 0) is 4.79 Å². The Labute approximate surface area is 183 Å². The molecule has 2 aliphatic rings. The number of nitrogens with zero attached hydrogens (tertiary/aromatic N) is 3. The fourth-order valence-corrected chi connectivity index (χ4v) is 4.93. The molecule has 0 saturated carbocycles. The van der Waals surface area contributed by atoms with E-state index in [1.807, 2.05) is 17.0 Å². The molecule has 0 N–H and O–H groups in total. The van der Waals surface area contributed by atoms with Gasteiger partial charge in [0.15, 0.2) is 5.76 Å². The van der Waals surface area contributed by atoms with E-state index >= 15 is 0 Å². The molecule has 0 aliphatic carbocycles. The number of ether oxygens (including phenoxy) is 1. The van der Waals surface area contributed by atoms with Crippen LogP contribution in [0, 0.1) is 0 Å². The van der Waals surface area contributed by atoms with E-state index in [1.165, 1.54) is 6.26 Å². The molecule has 1 saturated heterocycles. The van der Waals surface area contributed by atoms with Crippen LogP contribution in [-0.4, -0.2) is 67.0 Å². The van der Waals surface area contributed by atoms with Gasteiger partial charge in [-0.2, -0.15) is 0 Å². The van der Waals surface area contributed by atoms with Gasteiger partial charge in [-0.3, -0.25) is 14.5 Å². The third-order valence-electron chi connectivity index (χ3n) is 6.42. The zero-order valence-corrected chi connectivity index (χ0v) is 18.8. The molecule has 1 atom stereocenters. The Hall–Kier alpha value is -2.80. The summed E-state index contributed by atoms with van der Waals surface area (Å²) in [4.78, 5) is 31.8. The topological polar surface area (TPSA) is 66.2 Å². The second-order valence-corrected chi connectivity index (χ2v) is 9.12. The molecule has 3 heterocycles. The predicted octanol–water partition coefficient (Wildman–Crippen LogP) is 3.37. The average molecular weight is 426 g/mol. The van der Waals surface area contributed by atoms with Gasteiger partial charge >= 0.3 is 0 Å². The van der Waals surface area contributed by atoms with Crippen molar-refractivity contribution in [1.29, 1.82) is 0 Å². The van der Waals surface area contributed by atoms with Crippen molar-refractivity contribution in [2.75, 3.05) is 44.7 Å². The number of amides is 2. The highest BCUT2D eigenvalue weighted by Crippen LogP contribution is 2.44. The molecule has 0 radical (unpaired) electrons. The number of furan rings is 1. The second kappa shape index (κ2) is 8.38. The van der Waals surface area contributed by atoms with E-state index in [1.54, 1.807) is 24.1 Å². The van der Waals surface area contributed by atoms with Gasteiger partial charge in [-0.1, -0.05) is 6.92 Å². The third kappa shape index (κ3) is 4.19. The van der Waals surface area contributed by atoms with Crippen molar-refractivity contribution in [2.45, 2.75) is 38.6 Å². The predicted molar refractivity (Wildman–Crippen MR) is 119 cm³/mol. The Morgan fingerprint density at radius 1 is 1.16 bits per heavy atom. The molecule has 4 rings (SSSR count). The molecule has 7 nitrogen and oxygen atoms in total. The van der Waals surface area contributed by atoms with Gasteiger partial charge in [-0.15, -0.1) is 0 Å². The minimum Gasteiger partial charge on any atom is -0.497 e. The zero-order valence-electron chi connectivity index (χ0n) is 18.8. The summed E-state index contributed by atoms with van der Waals surface area (Å²) in [5.74, 6) is 1.52. The molecule has 1 unspecified atom stereocenters. The number of benzene rings is 1. The van der Waals surface area contributed by atoms with Crippen molar-refractivity contribution in [3.8, 4) is 5.75 Å². The van der Waals surface area contributed by atoms with Crippen molar-refractivity contribution < 1.29 is 18.7 Å². The summed E-state index contributed by atoms with van der Waals surface area (Å²) in [5.41, 5.74) is 1.86. The van der Waals surface area contributed by atoms with Crippen LogP contribution in [0.25, 0.3) is 0 Å². The Balaban J connectivity index is 1.45. The van der Waals surface area contributed by atoms with Crippen LogP contribution in [0.15, 0.2) is 41.0 Å². The lowest BCUT2D eigenvalue weighted by molar-refractivity contribution is -0.121. The molecule has 1 aromatic carbocycles. The lowest BCUT2D eigenvalue weighted by atomic mass is 9.80. The summed E-state index contributed by atoms with van der Waals surface area (Å²) in [6.45, 7) is 9.31. The monoisotopic (exact) mass is 425 g/mol. The van der Waals surface area contributed by atoms with Crippen LogP contribution in [0.2, 0.25) is 0 Å². The van der Waals surface area contributed by atoms with Crippen LogP contribution < -0.4 is 9.64 Å². The molecule has 0 spiro atoms. The maximum atomic E-state index is 13.5. The fourth-order valence-electron chi connectivity index (χ4n) is 4.93. The summed E-state index contributed by atoms with van der Waals surface area (Å²) in [6.07, 6.45) is 2.40. The Kier molecular flexibility index (Phi) is 5.79. The largest absolute Gasteiger partial charge is 0.497 e. The SMILES string of the molecule is COc1ccc2c(c1)C(C)CC(C)(C)N2C(=O)CN1CCN(C(=O)c2ccco2)CC1. The highest BCUT2D eigenvalue weighted by Gasteiger charge is 2.40. The highest BCUT2D eigenvalue weighted by molar-refractivity contribution is 5.97. The standard InChI is InChI=1S/C24H31N3O4/c1-17-15-24(2,3)27(20-8-7-18(30-4)14-19(17)20)22(28)16-25-9-11-26(12-10-25)23(29)21-6-5-13-31-21/h5-8,13-14,17H,9-12,15-16H2,1-4H3. The zero-order chi connectivity index (χ0) is 22.2.